The maximum Gasteiger partial charge on any atom is 0.0988 e. The predicted molar refractivity (Wildman–Crippen MR) is 40.0 cm³/mol. The summed E-state index contributed by atoms with van der Waals surface area (Å²) in [6.07, 6.45) is 0. The first-order valence-electron chi connectivity index (χ1n) is 3.46. The minimum absolute atomic E-state index is 0.604. The number of benzene rings is 1. The van der Waals surface area contributed by atoms with Gasteiger partial charge in [-0.05, 0) is 11.6 Å². The van der Waals surface area contributed by atoms with Gasteiger partial charge in [-0.2, -0.15) is 0 Å². The summed E-state index contributed by atoms with van der Waals surface area (Å²) in [5, 5.41) is 0. The maximum atomic E-state index is 12.1. The van der Waals surface area contributed by atoms with E-state index in [0.717, 1.165) is 0 Å². The molecule has 1 aromatic rings. The van der Waals surface area contributed by atoms with Crippen molar-refractivity contribution in [1.29, 1.82) is 0 Å². The van der Waals surface area contributed by atoms with Crippen LogP contribution in [0.1, 0.15) is 11.5 Å². The Kier molecular flexibility index (Phi) is 3.02. The number of hydrogen-bond donors (Lipinski definition) is 0. The zero-order valence-corrected chi connectivity index (χ0v) is 6.06. The summed E-state index contributed by atoms with van der Waals surface area (Å²) >= 11 is 0. The Balaban J connectivity index is 2.74. The van der Waals surface area contributed by atoms with E-state index in [-0.39, 0.29) is 0 Å². The Bertz CT molecular complexity index is 192. The molecule has 1 aromatic carbocycles. The molecule has 59 valence electrons. The summed E-state index contributed by atoms with van der Waals surface area (Å²) in [5.74, 6) is -0.604. The first kappa shape index (κ1) is 8.18. The van der Waals surface area contributed by atoms with Gasteiger partial charge < -0.3 is 0 Å². The summed E-state index contributed by atoms with van der Waals surface area (Å²) in [6.45, 7) is -1.29. The largest absolute Gasteiger partial charge is 0.250 e. The molecule has 0 aliphatic heterocycles. The Morgan fingerprint density at radius 2 is 2.09 bits per heavy atom. The van der Waals surface area contributed by atoms with Crippen molar-refractivity contribution < 1.29 is 8.78 Å². The quantitative estimate of drug-likeness (QED) is 0.629. The van der Waals surface area contributed by atoms with Crippen molar-refractivity contribution in [3.8, 4) is 0 Å². The normalized spacial score (nSPS) is 10.5. The third kappa shape index (κ3) is 2.00. The molecule has 0 unspecified atom stereocenters. The van der Waals surface area contributed by atoms with E-state index in [1.54, 1.807) is 24.3 Å². The highest BCUT2D eigenvalue weighted by atomic mass is 19.1. The van der Waals surface area contributed by atoms with E-state index in [4.69, 9.17) is 0 Å². The van der Waals surface area contributed by atoms with Gasteiger partial charge in [-0.3, -0.25) is 8.78 Å². The lowest BCUT2D eigenvalue weighted by atomic mass is 10.0. The minimum Gasteiger partial charge on any atom is -0.250 e. The number of halogens is 2. The van der Waals surface area contributed by atoms with Gasteiger partial charge in [0.05, 0.1) is 13.3 Å². The van der Waals surface area contributed by atoms with Crippen LogP contribution in [-0.2, 0) is 0 Å². The molecule has 11 heavy (non-hydrogen) atoms. The zero-order valence-electron chi connectivity index (χ0n) is 6.06. The average Bonchev–Trinajstić information content (AvgIpc) is 2.09. The van der Waals surface area contributed by atoms with Gasteiger partial charge in [-0.25, -0.2) is 0 Å². The summed E-state index contributed by atoms with van der Waals surface area (Å²) in [7, 11) is 0. The molecular weight excluding hydrogens is 146 g/mol. The Hall–Kier alpha value is -0.920. The van der Waals surface area contributed by atoms with Crippen molar-refractivity contribution in [2.45, 2.75) is 5.92 Å². The van der Waals surface area contributed by atoms with Crippen molar-refractivity contribution in [2.24, 2.45) is 0 Å². The molecule has 1 rings (SSSR count). The van der Waals surface area contributed by atoms with Gasteiger partial charge in [0.2, 0.25) is 0 Å². The van der Waals surface area contributed by atoms with Crippen molar-refractivity contribution in [1.82, 2.24) is 0 Å². The molecule has 0 spiro atoms. The second-order valence-electron chi connectivity index (χ2n) is 2.34. The molecule has 0 fully saturated rings. The average molecular weight is 155 g/mol. The fourth-order valence-corrected chi connectivity index (χ4v) is 0.881. The molecule has 0 saturated heterocycles. The highest BCUT2D eigenvalue weighted by Crippen LogP contribution is 2.15. The van der Waals surface area contributed by atoms with Crippen molar-refractivity contribution in [2.75, 3.05) is 13.3 Å². The molecule has 0 nitrogen and oxygen atoms in total. The molecule has 0 bridgehead atoms. The second kappa shape index (κ2) is 4.06. The van der Waals surface area contributed by atoms with E-state index in [9.17, 15) is 8.78 Å². The van der Waals surface area contributed by atoms with Crippen molar-refractivity contribution in [3.05, 3.63) is 35.9 Å². The monoisotopic (exact) mass is 155 g/mol. The van der Waals surface area contributed by atoms with E-state index in [1.807, 2.05) is 0 Å². The van der Waals surface area contributed by atoms with Crippen LogP contribution in [-0.4, -0.2) is 13.3 Å². The molecule has 0 aromatic heterocycles. The number of hydrogen-bond acceptors (Lipinski definition) is 0. The molecule has 0 atom stereocenters. The summed E-state index contributed by atoms with van der Waals surface area (Å²) in [5.41, 5.74) is 0.678. The number of alkyl halides is 2. The first-order valence-corrected chi connectivity index (χ1v) is 3.46. The van der Waals surface area contributed by atoms with Gasteiger partial charge in [0.25, 0.3) is 0 Å². The highest BCUT2D eigenvalue weighted by Gasteiger charge is 2.09. The van der Waals surface area contributed by atoms with Crippen molar-refractivity contribution in [3.63, 3.8) is 0 Å². The highest BCUT2D eigenvalue weighted by molar-refractivity contribution is 5.18. The minimum atomic E-state index is -0.644. The van der Waals surface area contributed by atoms with Crippen LogP contribution in [0.4, 0.5) is 8.78 Å². The standard InChI is InChI=1S/C9H9F2/c10-6-9(7-11)8-4-2-1-3-5-8/h1-2,4-5,9H,6-7H2. The fraction of sp³-hybridized carbons (Fsp3) is 0.333. The van der Waals surface area contributed by atoms with Gasteiger partial charge >= 0.3 is 0 Å². The lowest BCUT2D eigenvalue weighted by Gasteiger charge is -2.07. The number of rotatable bonds is 3. The molecule has 0 N–H and O–H groups in total. The third-order valence-corrected chi connectivity index (χ3v) is 1.58. The summed E-state index contributed by atoms with van der Waals surface area (Å²) < 4.78 is 24.2. The van der Waals surface area contributed by atoms with E-state index in [2.05, 4.69) is 6.07 Å². The van der Waals surface area contributed by atoms with Crippen LogP contribution in [0.15, 0.2) is 24.3 Å². The van der Waals surface area contributed by atoms with Crippen LogP contribution in [0.5, 0.6) is 0 Å². The van der Waals surface area contributed by atoms with Crippen molar-refractivity contribution >= 4 is 0 Å². The maximum absolute atomic E-state index is 12.1. The van der Waals surface area contributed by atoms with E-state index < -0.39 is 19.3 Å². The first-order chi connectivity index (χ1) is 5.38. The summed E-state index contributed by atoms with van der Waals surface area (Å²) in [4.78, 5) is 0. The lowest BCUT2D eigenvalue weighted by molar-refractivity contribution is 0.353. The van der Waals surface area contributed by atoms with Crippen LogP contribution in [0.25, 0.3) is 0 Å². The molecule has 1 radical (unpaired) electrons. The zero-order chi connectivity index (χ0) is 8.10. The van der Waals surface area contributed by atoms with Gasteiger partial charge in [0.15, 0.2) is 0 Å². The van der Waals surface area contributed by atoms with Crippen LogP contribution >= 0.6 is 0 Å². The Morgan fingerprint density at radius 1 is 1.36 bits per heavy atom. The molecule has 0 saturated carbocycles. The second-order valence-corrected chi connectivity index (χ2v) is 2.34. The van der Waals surface area contributed by atoms with Gasteiger partial charge in [-0.15, -0.1) is 0 Å². The third-order valence-electron chi connectivity index (χ3n) is 1.58. The van der Waals surface area contributed by atoms with E-state index in [0.29, 0.717) is 5.56 Å². The molecule has 0 aliphatic rings. The van der Waals surface area contributed by atoms with E-state index in [1.165, 1.54) is 0 Å². The smallest absolute Gasteiger partial charge is 0.0988 e. The van der Waals surface area contributed by atoms with E-state index >= 15 is 0 Å². The molecule has 0 heterocycles. The molecule has 0 amide bonds. The summed E-state index contributed by atoms with van der Waals surface area (Å²) in [6, 6.07) is 9.54. The van der Waals surface area contributed by atoms with Gasteiger partial charge in [0.1, 0.15) is 0 Å². The topological polar surface area (TPSA) is 0 Å². The van der Waals surface area contributed by atoms with Crippen LogP contribution in [0.2, 0.25) is 0 Å². The van der Waals surface area contributed by atoms with Gasteiger partial charge in [0, 0.05) is 5.92 Å². The predicted octanol–water partition coefficient (Wildman–Crippen LogP) is 2.51. The SMILES string of the molecule is FCC(CF)c1c[c]ccc1. The Labute approximate surface area is 64.9 Å². The van der Waals surface area contributed by atoms with Gasteiger partial charge in [-0.1, -0.05) is 24.3 Å². The molecule has 2 heteroatoms. The van der Waals surface area contributed by atoms with Crippen LogP contribution < -0.4 is 0 Å². The molecule has 0 aliphatic carbocycles. The van der Waals surface area contributed by atoms with Crippen LogP contribution in [0.3, 0.4) is 0 Å². The van der Waals surface area contributed by atoms with Crippen LogP contribution in [0, 0.1) is 6.07 Å². The lowest BCUT2D eigenvalue weighted by Crippen LogP contribution is -2.02. The molecular formula is C9H9F2. The fourth-order valence-electron chi connectivity index (χ4n) is 0.881. The Morgan fingerprint density at radius 3 is 2.55 bits per heavy atom.